The summed E-state index contributed by atoms with van der Waals surface area (Å²) in [5.41, 5.74) is 2.53. The fourth-order valence-electron chi connectivity index (χ4n) is 2.79. The van der Waals surface area contributed by atoms with Gasteiger partial charge in [-0.25, -0.2) is 13.8 Å². The van der Waals surface area contributed by atoms with Gasteiger partial charge < -0.3 is 14.5 Å². The molecule has 5 nitrogen and oxygen atoms in total. The smallest absolute Gasteiger partial charge is 0.262 e. The lowest BCUT2D eigenvalue weighted by atomic mass is 10.2. The number of aryl methyl sites for hydroxylation is 1. The van der Waals surface area contributed by atoms with Gasteiger partial charge in [0.1, 0.15) is 11.3 Å². The van der Waals surface area contributed by atoms with Crippen LogP contribution in [0.3, 0.4) is 0 Å². The number of nitrogens with zero attached hydrogens (tertiary/aromatic N) is 1. The van der Waals surface area contributed by atoms with Crippen LogP contribution in [-0.4, -0.2) is 17.5 Å². The Morgan fingerprint density at radius 3 is 2.60 bits per heavy atom. The number of carbonyl (C=O) groups excluding carboxylic acids is 1. The van der Waals surface area contributed by atoms with E-state index in [0.717, 1.165) is 17.7 Å². The Kier molecular flexibility index (Phi) is 5.37. The first-order valence-electron chi connectivity index (χ1n) is 8.94. The summed E-state index contributed by atoms with van der Waals surface area (Å²) in [4.78, 5) is 16.4. The number of anilines is 1. The van der Waals surface area contributed by atoms with Crippen molar-refractivity contribution in [3.8, 4) is 17.2 Å². The van der Waals surface area contributed by atoms with Crippen LogP contribution in [0.5, 0.6) is 5.75 Å². The third kappa shape index (κ3) is 4.26. The lowest BCUT2D eigenvalue weighted by Gasteiger charge is -2.07. The fraction of sp³-hybridized carbons (Fsp3) is 0.0909. The van der Waals surface area contributed by atoms with Gasteiger partial charge in [0.05, 0.1) is 10.6 Å². The monoisotopic (exact) mass is 428 g/mol. The maximum absolute atomic E-state index is 13.6. The number of halogens is 3. The third-order valence-corrected chi connectivity index (χ3v) is 4.62. The minimum absolute atomic E-state index is 0.0257. The number of oxazole rings is 1. The quantitative estimate of drug-likeness (QED) is 0.411. The second-order valence-electron chi connectivity index (χ2n) is 6.60. The highest BCUT2D eigenvalue weighted by molar-refractivity contribution is 6.33. The molecule has 0 fully saturated rings. The molecular weight excluding hydrogens is 414 g/mol. The summed E-state index contributed by atoms with van der Waals surface area (Å²) in [6.45, 7) is 1.80. The predicted octanol–water partition coefficient (Wildman–Crippen LogP) is 5.75. The summed E-state index contributed by atoms with van der Waals surface area (Å²) in [7, 11) is 0. The number of ether oxygens (including phenoxy) is 1. The van der Waals surface area contributed by atoms with Crippen molar-refractivity contribution in [2.75, 3.05) is 11.9 Å². The van der Waals surface area contributed by atoms with Crippen molar-refractivity contribution in [2.45, 2.75) is 6.92 Å². The summed E-state index contributed by atoms with van der Waals surface area (Å²) in [6.07, 6.45) is 0. The first kappa shape index (κ1) is 19.8. The first-order chi connectivity index (χ1) is 14.4. The Bertz CT molecular complexity index is 1240. The van der Waals surface area contributed by atoms with Crippen molar-refractivity contribution in [2.24, 2.45) is 0 Å². The van der Waals surface area contributed by atoms with Crippen LogP contribution in [0.4, 0.5) is 14.5 Å². The molecule has 0 radical (unpaired) electrons. The molecule has 1 N–H and O–H groups in total. The molecule has 0 saturated carbocycles. The van der Waals surface area contributed by atoms with Gasteiger partial charge in [-0.3, -0.25) is 4.79 Å². The molecule has 4 aromatic rings. The van der Waals surface area contributed by atoms with Crippen molar-refractivity contribution in [3.05, 3.63) is 76.8 Å². The summed E-state index contributed by atoms with van der Waals surface area (Å²) in [6, 6.07) is 14.0. The van der Waals surface area contributed by atoms with E-state index >= 15 is 0 Å². The number of hydrogen-bond donors (Lipinski definition) is 1. The lowest BCUT2D eigenvalue weighted by molar-refractivity contribution is -0.118. The molecule has 0 aliphatic heterocycles. The van der Waals surface area contributed by atoms with E-state index in [1.165, 1.54) is 0 Å². The Labute approximate surface area is 175 Å². The molecule has 0 atom stereocenters. The number of hydrogen-bond acceptors (Lipinski definition) is 4. The van der Waals surface area contributed by atoms with E-state index in [1.807, 2.05) is 19.1 Å². The Balaban J connectivity index is 1.49. The van der Waals surface area contributed by atoms with Crippen LogP contribution in [-0.2, 0) is 4.79 Å². The van der Waals surface area contributed by atoms with Gasteiger partial charge in [-0.15, -0.1) is 0 Å². The van der Waals surface area contributed by atoms with E-state index in [-0.39, 0.29) is 29.0 Å². The normalized spacial score (nSPS) is 10.9. The summed E-state index contributed by atoms with van der Waals surface area (Å²) >= 11 is 5.98. The van der Waals surface area contributed by atoms with E-state index in [4.69, 9.17) is 20.8 Å². The van der Waals surface area contributed by atoms with E-state index < -0.39 is 11.6 Å². The molecule has 4 rings (SSSR count). The van der Waals surface area contributed by atoms with E-state index in [0.29, 0.717) is 22.5 Å². The molecule has 0 aliphatic rings. The van der Waals surface area contributed by atoms with Crippen molar-refractivity contribution in [1.29, 1.82) is 0 Å². The molecule has 0 saturated heterocycles. The number of nitrogens with one attached hydrogen (secondary N) is 1. The molecular formula is C22H15ClF2N2O3. The van der Waals surface area contributed by atoms with Crippen molar-refractivity contribution in [1.82, 2.24) is 4.98 Å². The molecule has 1 heterocycles. The molecule has 0 unspecified atom stereocenters. The first-order valence-corrected chi connectivity index (χ1v) is 9.31. The van der Waals surface area contributed by atoms with Crippen LogP contribution in [0.25, 0.3) is 22.6 Å². The number of amides is 1. The number of aromatic nitrogens is 1. The van der Waals surface area contributed by atoms with Gasteiger partial charge in [0, 0.05) is 5.69 Å². The molecule has 1 aromatic heterocycles. The van der Waals surface area contributed by atoms with Gasteiger partial charge in [0.2, 0.25) is 5.89 Å². The van der Waals surface area contributed by atoms with Crippen LogP contribution in [0.1, 0.15) is 5.56 Å². The van der Waals surface area contributed by atoms with Crippen LogP contribution in [0.2, 0.25) is 5.02 Å². The third-order valence-electron chi connectivity index (χ3n) is 4.30. The van der Waals surface area contributed by atoms with Crippen LogP contribution < -0.4 is 10.1 Å². The minimum atomic E-state index is -1.06. The number of fused-ring (bicyclic) bond motifs is 1. The Morgan fingerprint density at radius 2 is 1.83 bits per heavy atom. The maximum atomic E-state index is 13.6. The van der Waals surface area contributed by atoms with Gasteiger partial charge in [0.15, 0.2) is 23.8 Å². The number of carbonyl (C=O) groups is 1. The SMILES string of the molecule is Cc1ccc(OCC(=O)Nc2ccc3oc(-c4cc(F)c(F)cc4Cl)nc3c2)cc1. The highest BCUT2D eigenvalue weighted by Gasteiger charge is 2.16. The number of rotatable bonds is 5. The van der Waals surface area contributed by atoms with Crippen molar-refractivity contribution < 1.29 is 22.7 Å². The molecule has 1 amide bonds. The maximum Gasteiger partial charge on any atom is 0.262 e. The van der Waals surface area contributed by atoms with Gasteiger partial charge in [-0.2, -0.15) is 0 Å². The zero-order chi connectivity index (χ0) is 21.3. The highest BCUT2D eigenvalue weighted by Crippen LogP contribution is 2.32. The molecule has 0 spiro atoms. The molecule has 0 aliphatic carbocycles. The highest BCUT2D eigenvalue weighted by atomic mass is 35.5. The van der Waals surface area contributed by atoms with Crippen LogP contribution in [0, 0.1) is 18.6 Å². The zero-order valence-corrected chi connectivity index (χ0v) is 16.5. The average molecular weight is 429 g/mol. The average Bonchev–Trinajstić information content (AvgIpc) is 3.13. The second-order valence-corrected chi connectivity index (χ2v) is 7.00. The molecule has 0 bridgehead atoms. The van der Waals surface area contributed by atoms with E-state index in [2.05, 4.69) is 10.3 Å². The van der Waals surface area contributed by atoms with Crippen LogP contribution in [0.15, 0.2) is 59.0 Å². The van der Waals surface area contributed by atoms with Crippen molar-refractivity contribution >= 4 is 34.3 Å². The second kappa shape index (κ2) is 8.12. The molecule has 8 heteroatoms. The summed E-state index contributed by atoms with van der Waals surface area (Å²) in [5.74, 6) is -1.82. The van der Waals surface area contributed by atoms with Crippen molar-refractivity contribution in [3.63, 3.8) is 0 Å². The van der Waals surface area contributed by atoms with Gasteiger partial charge >= 0.3 is 0 Å². The number of benzene rings is 3. The Hall–Kier alpha value is -3.45. The largest absolute Gasteiger partial charge is 0.484 e. The van der Waals surface area contributed by atoms with Crippen LogP contribution >= 0.6 is 11.6 Å². The summed E-state index contributed by atoms with van der Waals surface area (Å²) in [5, 5.41) is 2.69. The topological polar surface area (TPSA) is 64.4 Å². The lowest BCUT2D eigenvalue weighted by Crippen LogP contribution is -2.20. The minimum Gasteiger partial charge on any atom is -0.484 e. The molecule has 152 valence electrons. The Morgan fingerprint density at radius 1 is 1.10 bits per heavy atom. The summed E-state index contributed by atoms with van der Waals surface area (Å²) < 4.78 is 37.9. The van der Waals surface area contributed by atoms with E-state index in [1.54, 1.807) is 30.3 Å². The zero-order valence-electron chi connectivity index (χ0n) is 15.7. The van der Waals surface area contributed by atoms with E-state index in [9.17, 15) is 13.6 Å². The fourth-order valence-corrected chi connectivity index (χ4v) is 3.02. The standard InChI is InChI=1S/C22H15ClF2N2O3/c1-12-2-5-14(6-3-12)29-11-21(28)26-13-4-7-20-19(8-13)27-22(30-20)15-9-17(24)18(25)10-16(15)23/h2-10H,11H2,1H3,(H,26,28). The van der Waals surface area contributed by atoms with Gasteiger partial charge in [-0.1, -0.05) is 29.3 Å². The van der Waals surface area contributed by atoms with Gasteiger partial charge in [0.25, 0.3) is 5.91 Å². The van der Waals surface area contributed by atoms with Gasteiger partial charge in [-0.05, 0) is 49.4 Å². The molecule has 30 heavy (non-hydrogen) atoms. The predicted molar refractivity (Wildman–Crippen MR) is 110 cm³/mol. The molecule has 3 aromatic carbocycles.